The molecule has 2 aromatic carbocycles. The van der Waals surface area contributed by atoms with E-state index < -0.39 is 0 Å². The van der Waals surface area contributed by atoms with Crippen LogP contribution in [0.2, 0.25) is 0 Å². The van der Waals surface area contributed by atoms with Crippen molar-refractivity contribution in [2.24, 2.45) is 0 Å². The first kappa shape index (κ1) is 20.2. The number of fused-ring (bicyclic) bond motifs is 1. The van der Waals surface area contributed by atoms with E-state index in [0.29, 0.717) is 38.6 Å². The topological polar surface area (TPSA) is 89.6 Å². The number of anilines is 1. The van der Waals surface area contributed by atoms with E-state index in [9.17, 15) is 9.59 Å². The highest BCUT2D eigenvalue weighted by atomic mass is 32.2. The Morgan fingerprint density at radius 3 is 2.73 bits per heavy atom. The fourth-order valence-corrected chi connectivity index (χ4v) is 4.72. The molecule has 0 radical (unpaired) electrons. The number of ether oxygens (including phenoxy) is 2. The van der Waals surface area contributed by atoms with E-state index >= 15 is 0 Å². The lowest BCUT2D eigenvalue weighted by Gasteiger charge is -2.06. The average Bonchev–Trinajstić information content (AvgIpc) is 3.39. The quantitative estimate of drug-likeness (QED) is 0.539. The monoisotopic (exact) mass is 441 g/mol. The summed E-state index contributed by atoms with van der Waals surface area (Å²) in [5.74, 6) is 1.12. The number of thioether (sulfide) groups is 1. The molecule has 3 aromatic rings. The van der Waals surface area contributed by atoms with E-state index in [0.717, 1.165) is 5.56 Å². The van der Waals surface area contributed by atoms with Crippen LogP contribution in [-0.2, 0) is 4.79 Å². The first-order chi connectivity index (χ1) is 14.6. The molecule has 4 rings (SSSR count). The number of nitrogens with one attached hydrogen (secondary N) is 2. The molecule has 2 amide bonds. The first-order valence-electron chi connectivity index (χ1n) is 9.31. The van der Waals surface area contributed by atoms with Gasteiger partial charge in [-0.2, -0.15) is 0 Å². The third-order valence-electron chi connectivity index (χ3n) is 4.22. The number of hydrogen-bond donors (Lipinski definition) is 2. The SMILES string of the molecule is CCNC(=O)CSc1nc(-c2ccccc2)c(NC(=O)c2ccc3c(c2)OCO3)s1. The van der Waals surface area contributed by atoms with Crippen molar-refractivity contribution < 1.29 is 19.1 Å². The van der Waals surface area contributed by atoms with E-state index in [2.05, 4.69) is 15.6 Å². The molecule has 0 fully saturated rings. The lowest BCUT2D eigenvalue weighted by molar-refractivity contribution is -0.118. The summed E-state index contributed by atoms with van der Waals surface area (Å²) in [6, 6.07) is 14.7. The van der Waals surface area contributed by atoms with E-state index in [-0.39, 0.29) is 24.4 Å². The van der Waals surface area contributed by atoms with Crippen LogP contribution in [0.4, 0.5) is 5.00 Å². The van der Waals surface area contributed by atoms with Gasteiger partial charge in [0.15, 0.2) is 15.8 Å². The smallest absolute Gasteiger partial charge is 0.256 e. The van der Waals surface area contributed by atoms with Gasteiger partial charge >= 0.3 is 0 Å². The molecule has 7 nitrogen and oxygen atoms in total. The second kappa shape index (κ2) is 9.19. The van der Waals surface area contributed by atoms with Gasteiger partial charge in [-0.25, -0.2) is 4.98 Å². The summed E-state index contributed by atoms with van der Waals surface area (Å²) in [6.07, 6.45) is 0. The van der Waals surface area contributed by atoms with E-state index in [1.807, 2.05) is 37.3 Å². The number of aromatic nitrogens is 1. The zero-order valence-electron chi connectivity index (χ0n) is 16.1. The van der Waals surface area contributed by atoms with Crippen LogP contribution in [0.15, 0.2) is 52.9 Å². The van der Waals surface area contributed by atoms with Crippen molar-refractivity contribution in [1.82, 2.24) is 10.3 Å². The number of benzene rings is 2. The molecular formula is C21H19N3O4S2. The van der Waals surface area contributed by atoms with Gasteiger partial charge in [-0.1, -0.05) is 53.4 Å². The van der Waals surface area contributed by atoms with Crippen LogP contribution in [0.25, 0.3) is 11.3 Å². The van der Waals surface area contributed by atoms with Gasteiger partial charge in [-0.3, -0.25) is 9.59 Å². The maximum Gasteiger partial charge on any atom is 0.256 e. The van der Waals surface area contributed by atoms with Crippen molar-refractivity contribution in [3.05, 3.63) is 54.1 Å². The van der Waals surface area contributed by atoms with Gasteiger partial charge in [0, 0.05) is 17.7 Å². The van der Waals surface area contributed by atoms with Gasteiger partial charge in [0.25, 0.3) is 5.91 Å². The summed E-state index contributed by atoms with van der Waals surface area (Å²) < 4.78 is 11.4. The number of nitrogens with zero attached hydrogens (tertiary/aromatic N) is 1. The van der Waals surface area contributed by atoms with Crippen LogP contribution in [0.1, 0.15) is 17.3 Å². The summed E-state index contributed by atoms with van der Waals surface area (Å²) >= 11 is 2.69. The predicted octanol–water partition coefficient (Wildman–Crippen LogP) is 4.02. The fraction of sp³-hybridized carbons (Fsp3) is 0.190. The lowest BCUT2D eigenvalue weighted by atomic mass is 10.1. The van der Waals surface area contributed by atoms with E-state index in [1.165, 1.54) is 23.1 Å². The van der Waals surface area contributed by atoms with Crippen LogP contribution in [0.3, 0.4) is 0 Å². The molecule has 0 unspecified atom stereocenters. The molecule has 0 spiro atoms. The second-order valence-electron chi connectivity index (χ2n) is 6.29. The van der Waals surface area contributed by atoms with Gasteiger partial charge < -0.3 is 20.1 Å². The Hall–Kier alpha value is -3.04. The Balaban J connectivity index is 1.57. The summed E-state index contributed by atoms with van der Waals surface area (Å²) in [6.45, 7) is 2.62. The summed E-state index contributed by atoms with van der Waals surface area (Å²) in [5.41, 5.74) is 2.02. The normalized spacial score (nSPS) is 11.9. The van der Waals surface area contributed by atoms with Gasteiger partial charge in [-0.15, -0.1) is 0 Å². The zero-order chi connectivity index (χ0) is 20.9. The number of hydrogen-bond acceptors (Lipinski definition) is 7. The molecular weight excluding hydrogens is 422 g/mol. The van der Waals surface area contributed by atoms with Crippen LogP contribution < -0.4 is 20.1 Å². The standard InChI is InChI=1S/C21H19N3O4S2/c1-2-22-17(25)11-29-21-23-18(13-6-4-3-5-7-13)20(30-21)24-19(26)14-8-9-15-16(10-14)28-12-27-15/h3-10H,2,11-12H2,1H3,(H,22,25)(H,24,26). The molecule has 0 saturated heterocycles. The van der Waals surface area contributed by atoms with E-state index in [4.69, 9.17) is 9.47 Å². The van der Waals surface area contributed by atoms with Crippen LogP contribution in [-0.4, -0.2) is 35.9 Å². The number of carbonyl (C=O) groups excluding carboxylic acids is 2. The van der Waals surface area contributed by atoms with Crippen molar-refractivity contribution in [3.8, 4) is 22.8 Å². The second-order valence-corrected chi connectivity index (χ2v) is 8.51. The largest absolute Gasteiger partial charge is 0.454 e. The highest BCUT2D eigenvalue weighted by Crippen LogP contribution is 2.38. The molecule has 1 aliphatic rings. The Morgan fingerprint density at radius 1 is 1.13 bits per heavy atom. The minimum atomic E-state index is -0.269. The van der Waals surface area contributed by atoms with Crippen LogP contribution >= 0.6 is 23.1 Å². The highest BCUT2D eigenvalue weighted by Gasteiger charge is 2.20. The number of rotatable bonds is 7. The average molecular weight is 442 g/mol. The van der Waals surface area contributed by atoms with E-state index in [1.54, 1.807) is 18.2 Å². The molecule has 0 bridgehead atoms. The Morgan fingerprint density at radius 2 is 1.93 bits per heavy atom. The van der Waals surface area contributed by atoms with Crippen molar-refractivity contribution in [3.63, 3.8) is 0 Å². The zero-order valence-corrected chi connectivity index (χ0v) is 17.8. The molecule has 2 heterocycles. The maximum absolute atomic E-state index is 12.9. The fourth-order valence-electron chi connectivity index (χ4n) is 2.83. The summed E-state index contributed by atoms with van der Waals surface area (Å²) in [5, 5.41) is 6.35. The van der Waals surface area contributed by atoms with Gasteiger partial charge in [0.1, 0.15) is 10.7 Å². The number of amides is 2. The molecule has 0 saturated carbocycles. The number of carbonyl (C=O) groups is 2. The molecule has 0 aliphatic carbocycles. The Kier molecular flexibility index (Phi) is 6.20. The molecule has 2 N–H and O–H groups in total. The molecule has 1 aromatic heterocycles. The maximum atomic E-state index is 12.9. The minimum absolute atomic E-state index is 0.0510. The third kappa shape index (κ3) is 4.58. The summed E-state index contributed by atoms with van der Waals surface area (Å²) in [4.78, 5) is 29.3. The first-order valence-corrected chi connectivity index (χ1v) is 11.1. The third-order valence-corrected chi connectivity index (χ3v) is 6.33. The molecule has 30 heavy (non-hydrogen) atoms. The Bertz CT molecular complexity index is 1070. The van der Waals surface area contributed by atoms with Gasteiger partial charge in [-0.05, 0) is 25.1 Å². The van der Waals surface area contributed by atoms with Crippen molar-refractivity contribution in [1.29, 1.82) is 0 Å². The van der Waals surface area contributed by atoms with Gasteiger partial charge in [0.05, 0.1) is 5.75 Å². The number of thiazole rings is 1. The van der Waals surface area contributed by atoms with Gasteiger partial charge in [0.2, 0.25) is 12.7 Å². The summed E-state index contributed by atoms with van der Waals surface area (Å²) in [7, 11) is 0. The molecule has 0 atom stereocenters. The van der Waals surface area contributed by atoms with Crippen molar-refractivity contribution >= 4 is 39.9 Å². The minimum Gasteiger partial charge on any atom is -0.454 e. The molecule has 154 valence electrons. The van der Waals surface area contributed by atoms with Crippen LogP contribution in [0.5, 0.6) is 11.5 Å². The van der Waals surface area contributed by atoms with Crippen molar-refractivity contribution in [2.45, 2.75) is 11.3 Å². The molecule has 9 heteroatoms. The Labute approximate surface area is 181 Å². The predicted molar refractivity (Wildman–Crippen MR) is 117 cm³/mol. The van der Waals surface area contributed by atoms with Crippen molar-refractivity contribution in [2.75, 3.05) is 24.4 Å². The molecule has 1 aliphatic heterocycles. The van der Waals surface area contributed by atoms with Crippen LogP contribution in [0, 0.1) is 0 Å². The lowest BCUT2D eigenvalue weighted by Crippen LogP contribution is -2.24. The highest BCUT2D eigenvalue weighted by molar-refractivity contribution is 8.01.